The number of methoxy groups -OCH3 is 2. The smallest absolute Gasteiger partial charge is 0.348 e. The van der Waals surface area contributed by atoms with Crippen molar-refractivity contribution < 1.29 is 19.4 Å². The summed E-state index contributed by atoms with van der Waals surface area (Å²) < 4.78 is 12.5. The van der Waals surface area contributed by atoms with Gasteiger partial charge in [-0.1, -0.05) is 43.4 Å². The van der Waals surface area contributed by atoms with Crippen molar-refractivity contribution in [2.75, 3.05) is 14.2 Å². The highest BCUT2D eigenvalue weighted by molar-refractivity contribution is 7.16. The molecular formula is C22H21N3O4S. The number of nitrogens with zero attached hydrogens (tertiary/aromatic N) is 3. The maximum absolute atomic E-state index is 12.0. The van der Waals surface area contributed by atoms with E-state index in [4.69, 9.17) is 9.47 Å². The Labute approximate surface area is 177 Å². The van der Waals surface area contributed by atoms with Crippen molar-refractivity contribution >= 4 is 28.3 Å². The average Bonchev–Trinajstić information content (AvgIpc) is 3.36. The van der Waals surface area contributed by atoms with Crippen LogP contribution in [0.5, 0.6) is 11.5 Å². The molecule has 0 aliphatic heterocycles. The number of thiazole rings is 1. The molecule has 0 radical (unpaired) electrons. The van der Waals surface area contributed by atoms with E-state index < -0.39 is 5.97 Å². The summed E-state index contributed by atoms with van der Waals surface area (Å²) >= 11 is 1.11. The van der Waals surface area contributed by atoms with Crippen molar-refractivity contribution in [2.45, 2.75) is 19.8 Å². The lowest BCUT2D eigenvalue weighted by atomic mass is 9.99. The van der Waals surface area contributed by atoms with Gasteiger partial charge in [0.05, 0.1) is 30.9 Å². The predicted octanol–water partition coefficient (Wildman–Crippen LogP) is 4.99. The topological polar surface area (TPSA) is 86.5 Å². The number of carboxylic acids is 1. The van der Waals surface area contributed by atoms with Gasteiger partial charge in [0.1, 0.15) is 11.2 Å². The summed E-state index contributed by atoms with van der Waals surface area (Å²) in [4.78, 5) is 21.2. The van der Waals surface area contributed by atoms with E-state index in [9.17, 15) is 9.90 Å². The maximum atomic E-state index is 12.0. The summed E-state index contributed by atoms with van der Waals surface area (Å²) in [6, 6.07) is 11.4. The largest absolute Gasteiger partial charge is 0.493 e. The zero-order chi connectivity index (χ0) is 21.4. The van der Waals surface area contributed by atoms with Crippen LogP contribution in [0.2, 0.25) is 0 Å². The van der Waals surface area contributed by atoms with E-state index in [0.717, 1.165) is 28.0 Å². The molecule has 7 nitrogen and oxygen atoms in total. The number of aromatic nitrogens is 3. The number of fused-ring (bicyclic) bond motifs is 1. The molecule has 30 heavy (non-hydrogen) atoms. The summed E-state index contributed by atoms with van der Waals surface area (Å²) in [7, 11) is 3.13. The van der Waals surface area contributed by atoms with Crippen LogP contribution < -0.4 is 9.47 Å². The van der Waals surface area contributed by atoms with Gasteiger partial charge in [-0.05, 0) is 17.5 Å². The van der Waals surface area contributed by atoms with Crippen LogP contribution in [0.1, 0.15) is 35.0 Å². The van der Waals surface area contributed by atoms with Crippen molar-refractivity contribution in [2.24, 2.45) is 0 Å². The molecule has 0 fully saturated rings. The summed E-state index contributed by atoms with van der Waals surface area (Å²) in [6.07, 6.45) is 1.63. The summed E-state index contributed by atoms with van der Waals surface area (Å²) in [6.45, 7) is 4.20. The molecule has 2 aromatic carbocycles. The SMILES string of the molecule is COc1cc2ncn(-c3nc(-c4cccc(C(C)C)c4)c(C(=O)O)s3)c2cc1OC. The van der Waals surface area contributed by atoms with Gasteiger partial charge in [-0.3, -0.25) is 4.57 Å². The van der Waals surface area contributed by atoms with E-state index in [0.29, 0.717) is 33.8 Å². The van der Waals surface area contributed by atoms with Crippen LogP contribution in [0.15, 0.2) is 42.7 Å². The number of carbonyl (C=O) groups is 1. The molecular weight excluding hydrogens is 402 g/mol. The lowest BCUT2D eigenvalue weighted by Gasteiger charge is -2.08. The number of imidazole rings is 1. The van der Waals surface area contributed by atoms with Gasteiger partial charge in [-0.2, -0.15) is 0 Å². The van der Waals surface area contributed by atoms with Crippen molar-refractivity contribution in [3.63, 3.8) is 0 Å². The Morgan fingerprint density at radius 1 is 1.13 bits per heavy atom. The van der Waals surface area contributed by atoms with Crippen LogP contribution in [0, 0.1) is 0 Å². The lowest BCUT2D eigenvalue weighted by Crippen LogP contribution is -1.96. The molecule has 2 heterocycles. The second-order valence-electron chi connectivity index (χ2n) is 7.07. The molecule has 0 amide bonds. The first-order chi connectivity index (χ1) is 14.4. The van der Waals surface area contributed by atoms with Crippen molar-refractivity contribution in [3.8, 4) is 27.9 Å². The van der Waals surface area contributed by atoms with E-state index in [-0.39, 0.29) is 4.88 Å². The minimum atomic E-state index is -1.01. The molecule has 0 aliphatic rings. The Bertz CT molecular complexity index is 1240. The average molecular weight is 423 g/mol. The van der Waals surface area contributed by atoms with Gasteiger partial charge in [-0.15, -0.1) is 0 Å². The standard InChI is InChI=1S/C22H21N3O4S/c1-12(2)13-6-5-7-14(8-13)19-20(21(26)27)30-22(24-19)25-11-23-15-9-17(28-3)18(29-4)10-16(15)25/h5-12H,1-4H3,(H,26,27). The van der Waals surface area contributed by atoms with E-state index >= 15 is 0 Å². The fourth-order valence-corrected chi connectivity index (χ4v) is 4.20. The van der Waals surface area contributed by atoms with E-state index in [1.807, 2.05) is 30.3 Å². The van der Waals surface area contributed by atoms with Gasteiger partial charge in [0.2, 0.25) is 0 Å². The second kappa shape index (κ2) is 7.79. The van der Waals surface area contributed by atoms with Crippen LogP contribution in [0.4, 0.5) is 0 Å². The van der Waals surface area contributed by atoms with Crippen LogP contribution in [-0.2, 0) is 0 Å². The molecule has 0 spiro atoms. The summed E-state index contributed by atoms with van der Waals surface area (Å²) in [5.41, 5.74) is 3.81. The fraction of sp³-hybridized carbons (Fsp3) is 0.227. The third-order valence-electron chi connectivity index (χ3n) is 4.90. The molecule has 4 rings (SSSR count). The lowest BCUT2D eigenvalue weighted by molar-refractivity contribution is 0.0702. The molecule has 2 aromatic heterocycles. The normalized spacial score (nSPS) is 11.2. The Morgan fingerprint density at radius 3 is 2.53 bits per heavy atom. The number of hydrogen-bond acceptors (Lipinski definition) is 6. The molecule has 0 unspecified atom stereocenters. The first-order valence-corrected chi connectivity index (χ1v) is 10.2. The zero-order valence-electron chi connectivity index (χ0n) is 17.0. The summed E-state index contributed by atoms with van der Waals surface area (Å²) in [5, 5.41) is 10.3. The number of carboxylic acid groups (broad SMARTS) is 1. The van der Waals surface area contributed by atoms with Crippen molar-refractivity contribution in [1.82, 2.24) is 14.5 Å². The van der Waals surface area contributed by atoms with Crippen LogP contribution in [0.3, 0.4) is 0 Å². The minimum Gasteiger partial charge on any atom is -0.493 e. The third kappa shape index (κ3) is 3.39. The number of benzene rings is 2. The molecule has 0 atom stereocenters. The van der Waals surface area contributed by atoms with Crippen LogP contribution >= 0.6 is 11.3 Å². The molecule has 0 aliphatic carbocycles. The van der Waals surface area contributed by atoms with Crippen molar-refractivity contribution in [3.05, 3.63) is 53.2 Å². The Balaban J connectivity index is 1.88. The highest BCUT2D eigenvalue weighted by Gasteiger charge is 2.22. The van der Waals surface area contributed by atoms with Gasteiger partial charge in [0.15, 0.2) is 16.6 Å². The van der Waals surface area contributed by atoms with E-state index in [2.05, 4.69) is 23.8 Å². The Morgan fingerprint density at radius 2 is 1.87 bits per heavy atom. The summed E-state index contributed by atoms with van der Waals surface area (Å²) in [5.74, 6) is 0.460. The quantitative estimate of drug-likeness (QED) is 0.470. The molecule has 8 heteroatoms. The molecule has 1 N–H and O–H groups in total. The first-order valence-electron chi connectivity index (χ1n) is 9.36. The molecule has 0 saturated carbocycles. The van der Waals surface area contributed by atoms with Crippen LogP contribution in [0.25, 0.3) is 27.4 Å². The monoisotopic (exact) mass is 423 g/mol. The van der Waals surface area contributed by atoms with Gasteiger partial charge in [0, 0.05) is 17.7 Å². The van der Waals surface area contributed by atoms with Crippen molar-refractivity contribution in [1.29, 1.82) is 0 Å². The number of hydrogen-bond donors (Lipinski definition) is 1. The Hall–Kier alpha value is -3.39. The number of ether oxygens (including phenoxy) is 2. The third-order valence-corrected chi connectivity index (χ3v) is 5.94. The van der Waals surface area contributed by atoms with Crippen LogP contribution in [-0.4, -0.2) is 39.8 Å². The molecule has 0 saturated heterocycles. The fourth-order valence-electron chi connectivity index (χ4n) is 3.29. The van der Waals surface area contributed by atoms with E-state index in [1.54, 1.807) is 31.2 Å². The molecule has 0 bridgehead atoms. The highest BCUT2D eigenvalue weighted by atomic mass is 32.1. The van der Waals surface area contributed by atoms with Gasteiger partial charge < -0.3 is 14.6 Å². The number of aromatic carboxylic acids is 1. The molecule has 4 aromatic rings. The first kappa shape index (κ1) is 19.9. The van der Waals surface area contributed by atoms with E-state index in [1.165, 1.54) is 0 Å². The Kier molecular flexibility index (Phi) is 5.17. The molecule has 154 valence electrons. The number of rotatable bonds is 6. The van der Waals surface area contributed by atoms with Gasteiger partial charge in [0.25, 0.3) is 0 Å². The predicted molar refractivity (Wildman–Crippen MR) is 116 cm³/mol. The zero-order valence-corrected chi connectivity index (χ0v) is 17.9. The van der Waals surface area contributed by atoms with Gasteiger partial charge >= 0.3 is 5.97 Å². The highest BCUT2D eigenvalue weighted by Crippen LogP contribution is 2.36. The maximum Gasteiger partial charge on any atom is 0.348 e. The van der Waals surface area contributed by atoms with Gasteiger partial charge in [-0.25, -0.2) is 14.8 Å². The second-order valence-corrected chi connectivity index (χ2v) is 8.05. The minimum absolute atomic E-state index is 0.188.